The fourth-order valence-corrected chi connectivity index (χ4v) is 1.91. The maximum absolute atomic E-state index is 11.8. The van der Waals surface area contributed by atoms with Crippen molar-refractivity contribution >= 4 is 18.0 Å². The number of esters is 1. The van der Waals surface area contributed by atoms with Crippen LogP contribution in [0.2, 0.25) is 0 Å². The van der Waals surface area contributed by atoms with Gasteiger partial charge in [-0.3, -0.25) is 0 Å². The standard InChI is InChI=1S/C18H18O5/c1-2-3-12-22-18(21)14-6-4-13(5-7-14)16-10-8-15(23-16)9-11-17(19)20/h4-11H,2-3,12H2,1H3,(H,19,20). The number of unbranched alkanes of at least 4 members (excludes halogenated alkanes) is 1. The van der Waals surface area contributed by atoms with Gasteiger partial charge in [0.15, 0.2) is 0 Å². The van der Waals surface area contributed by atoms with Crippen molar-refractivity contribution in [2.45, 2.75) is 19.8 Å². The molecule has 0 saturated heterocycles. The molecule has 0 aliphatic carbocycles. The topological polar surface area (TPSA) is 76.7 Å². The average molecular weight is 314 g/mol. The number of furan rings is 1. The number of carbonyl (C=O) groups is 2. The van der Waals surface area contributed by atoms with Crippen molar-refractivity contribution < 1.29 is 23.8 Å². The Labute approximate surface area is 134 Å². The van der Waals surface area contributed by atoms with Crippen molar-refractivity contribution in [3.63, 3.8) is 0 Å². The van der Waals surface area contributed by atoms with Gasteiger partial charge in [0, 0.05) is 11.6 Å². The van der Waals surface area contributed by atoms with Gasteiger partial charge >= 0.3 is 11.9 Å². The van der Waals surface area contributed by atoms with Gasteiger partial charge in [-0.25, -0.2) is 9.59 Å². The predicted octanol–water partition coefficient (Wildman–Crippen LogP) is 4.00. The number of carboxylic acids is 1. The number of aliphatic carboxylic acids is 1. The van der Waals surface area contributed by atoms with Crippen LogP contribution in [-0.4, -0.2) is 23.7 Å². The number of hydrogen-bond acceptors (Lipinski definition) is 4. The van der Waals surface area contributed by atoms with E-state index in [-0.39, 0.29) is 5.97 Å². The lowest BCUT2D eigenvalue weighted by Crippen LogP contribution is -2.05. The van der Waals surface area contributed by atoms with Gasteiger partial charge in [-0.2, -0.15) is 0 Å². The Balaban J connectivity index is 2.04. The van der Waals surface area contributed by atoms with Crippen LogP contribution in [0.25, 0.3) is 17.4 Å². The first-order valence-electron chi connectivity index (χ1n) is 7.38. The molecule has 1 aromatic heterocycles. The molecular weight excluding hydrogens is 296 g/mol. The van der Waals surface area contributed by atoms with Crippen LogP contribution in [-0.2, 0) is 9.53 Å². The highest BCUT2D eigenvalue weighted by atomic mass is 16.5. The van der Waals surface area contributed by atoms with Crippen LogP contribution in [0.4, 0.5) is 0 Å². The summed E-state index contributed by atoms with van der Waals surface area (Å²) in [6.07, 6.45) is 4.22. The first-order valence-corrected chi connectivity index (χ1v) is 7.38. The molecule has 120 valence electrons. The molecule has 0 fully saturated rings. The van der Waals surface area contributed by atoms with Gasteiger partial charge in [0.05, 0.1) is 12.2 Å². The molecule has 0 radical (unpaired) electrons. The van der Waals surface area contributed by atoms with Crippen molar-refractivity contribution in [2.75, 3.05) is 6.61 Å². The molecule has 5 heteroatoms. The third-order valence-electron chi connectivity index (χ3n) is 3.15. The van der Waals surface area contributed by atoms with Crippen LogP contribution in [0.5, 0.6) is 0 Å². The van der Waals surface area contributed by atoms with E-state index in [0.29, 0.717) is 23.7 Å². The highest BCUT2D eigenvalue weighted by molar-refractivity contribution is 5.90. The molecule has 5 nitrogen and oxygen atoms in total. The lowest BCUT2D eigenvalue weighted by molar-refractivity contribution is -0.131. The minimum Gasteiger partial charge on any atom is -0.478 e. The van der Waals surface area contributed by atoms with Crippen LogP contribution in [0.3, 0.4) is 0 Å². The molecule has 0 saturated carbocycles. The van der Waals surface area contributed by atoms with E-state index < -0.39 is 5.97 Å². The molecule has 0 bridgehead atoms. The van der Waals surface area contributed by atoms with E-state index in [1.54, 1.807) is 36.4 Å². The molecule has 23 heavy (non-hydrogen) atoms. The summed E-state index contributed by atoms with van der Waals surface area (Å²) in [5.74, 6) is -0.324. The molecule has 2 rings (SSSR count). The first kappa shape index (κ1) is 16.5. The van der Waals surface area contributed by atoms with Gasteiger partial charge in [-0.1, -0.05) is 25.5 Å². The van der Waals surface area contributed by atoms with E-state index in [0.717, 1.165) is 24.5 Å². The summed E-state index contributed by atoms with van der Waals surface area (Å²) in [6, 6.07) is 10.3. The normalized spacial score (nSPS) is 10.8. The third kappa shape index (κ3) is 4.85. The van der Waals surface area contributed by atoms with E-state index >= 15 is 0 Å². The highest BCUT2D eigenvalue weighted by Gasteiger charge is 2.08. The fraction of sp³-hybridized carbons (Fsp3) is 0.222. The Bertz CT molecular complexity index is 694. The maximum atomic E-state index is 11.8. The van der Waals surface area contributed by atoms with E-state index in [2.05, 4.69) is 0 Å². The monoisotopic (exact) mass is 314 g/mol. The molecule has 1 aromatic carbocycles. The SMILES string of the molecule is CCCCOC(=O)c1ccc(-c2ccc(C=CC(=O)O)o2)cc1. The van der Waals surface area contributed by atoms with Crippen molar-refractivity contribution in [3.8, 4) is 11.3 Å². The number of carboxylic acid groups (broad SMARTS) is 1. The van der Waals surface area contributed by atoms with Gasteiger partial charge in [0.2, 0.25) is 0 Å². The fourth-order valence-electron chi connectivity index (χ4n) is 1.91. The maximum Gasteiger partial charge on any atom is 0.338 e. The number of rotatable bonds is 7. The molecule has 0 aliphatic heterocycles. The smallest absolute Gasteiger partial charge is 0.338 e. The summed E-state index contributed by atoms with van der Waals surface area (Å²) in [5, 5.41) is 8.59. The van der Waals surface area contributed by atoms with Gasteiger partial charge in [-0.05, 0) is 36.8 Å². The molecule has 1 N–H and O–H groups in total. The third-order valence-corrected chi connectivity index (χ3v) is 3.15. The van der Waals surface area contributed by atoms with Crippen LogP contribution in [0.15, 0.2) is 46.9 Å². The number of carbonyl (C=O) groups excluding carboxylic acids is 1. The molecule has 2 aromatic rings. The van der Waals surface area contributed by atoms with Crippen LogP contribution in [0, 0.1) is 0 Å². The van der Waals surface area contributed by atoms with Crippen LogP contribution in [0.1, 0.15) is 35.9 Å². The molecule has 0 spiro atoms. The number of benzene rings is 1. The lowest BCUT2D eigenvalue weighted by atomic mass is 10.1. The molecule has 0 unspecified atom stereocenters. The van der Waals surface area contributed by atoms with Crippen LogP contribution < -0.4 is 0 Å². The number of hydrogen-bond donors (Lipinski definition) is 1. The molecule has 0 atom stereocenters. The summed E-state index contributed by atoms with van der Waals surface area (Å²) >= 11 is 0. The Morgan fingerprint density at radius 2 is 1.91 bits per heavy atom. The summed E-state index contributed by atoms with van der Waals surface area (Å²) in [4.78, 5) is 22.3. The van der Waals surface area contributed by atoms with Crippen molar-refractivity contribution in [1.29, 1.82) is 0 Å². The zero-order chi connectivity index (χ0) is 16.7. The van der Waals surface area contributed by atoms with Crippen molar-refractivity contribution in [1.82, 2.24) is 0 Å². The van der Waals surface area contributed by atoms with E-state index in [9.17, 15) is 9.59 Å². The Morgan fingerprint density at radius 3 is 2.57 bits per heavy atom. The van der Waals surface area contributed by atoms with E-state index in [4.69, 9.17) is 14.3 Å². The Morgan fingerprint density at radius 1 is 1.17 bits per heavy atom. The predicted molar refractivity (Wildman–Crippen MR) is 86.0 cm³/mol. The summed E-state index contributed by atoms with van der Waals surface area (Å²) in [5.41, 5.74) is 1.28. The van der Waals surface area contributed by atoms with Crippen molar-refractivity contribution in [3.05, 3.63) is 53.8 Å². The molecular formula is C18H18O5. The molecule has 1 heterocycles. The van der Waals surface area contributed by atoms with Crippen LogP contribution >= 0.6 is 0 Å². The molecule has 0 amide bonds. The van der Waals surface area contributed by atoms with Gasteiger partial charge in [0.25, 0.3) is 0 Å². The molecule has 0 aliphatic rings. The largest absolute Gasteiger partial charge is 0.478 e. The second-order valence-electron chi connectivity index (χ2n) is 4.94. The van der Waals surface area contributed by atoms with Gasteiger partial charge in [-0.15, -0.1) is 0 Å². The summed E-state index contributed by atoms with van der Waals surface area (Å²) < 4.78 is 10.7. The lowest BCUT2D eigenvalue weighted by Gasteiger charge is -2.04. The Hall–Kier alpha value is -2.82. The van der Waals surface area contributed by atoms with E-state index in [1.807, 2.05) is 6.92 Å². The zero-order valence-corrected chi connectivity index (χ0v) is 12.8. The van der Waals surface area contributed by atoms with Gasteiger partial charge < -0.3 is 14.3 Å². The summed E-state index contributed by atoms with van der Waals surface area (Å²) in [6.45, 7) is 2.46. The quantitative estimate of drug-likeness (QED) is 0.475. The minimum atomic E-state index is -1.03. The zero-order valence-electron chi connectivity index (χ0n) is 12.8. The summed E-state index contributed by atoms with van der Waals surface area (Å²) in [7, 11) is 0. The van der Waals surface area contributed by atoms with E-state index in [1.165, 1.54) is 6.08 Å². The second kappa shape index (κ2) is 7.98. The number of ether oxygens (including phenoxy) is 1. The second-order valence-corrected chi connectivity index (χ2v) is 4.94. The Kier molecular flexibility index (Phi) is 5.74. The van der Waals surface area contributed by atoms with Crippen molar-refractivity contribution in [2.24, 2.45) is 0 Å². The van der Waals surface area contributed by atoms with Gasteiger partial charge in [0.1, 0.15) is 11.5 Å². The average Bonchev–Trinajstić information content (AvgIpc) is 3.02. The highest BCUT2D eigenvalue weighted by Crippen LogP contribution is 2.23. The first-order chi connectivity index (χ1) is 11.1. The minimum absolute atomic E-state index is 0.338.